The molecule has 2 aromatic carbocycles. The zero-order valence-electron chi connectivity index (χ0n) is 15.9. The lowest BCUT2D eigenvalue weighted by Gasteiger charge is -2.22. The third-order valence-corrected chi connectivity index (χ3v) is 4.74. The molecule has 148 valence electrons. The molecule has 0 spiro atoms. The van der Waals surface area contributed by atoms with Crippen molar-refractivity contribution in [3.63, 3.8) is 0 Å². The highest BCUT2D eigenvalue weighted by Crippen LogP contribution is 2.31. The number of hydrogen-bond donors (Lipinski definition) is 1. The van der Waals surface area contributed by atoms with Crippen LogP contribution in [0.1, 0.15) is 15.9 Å². The van der Waals surface area contributed by atoms with Gasteiger partial charge in [-0.05, 0) is 60.2 Å². The van der Waals surface area contributed by atoms with Crippen molar-refractivity contribution in [1.82, 2.24) is 15.0 Å². The van der Waals surface area contributed by atoms with E-state index in [-0.39, 0.29) is 5.91 Å². The minimum Gasteiger partial charge on any atom is -0.322 e. The van der Waals surface area contributed by atoms with E-state index in [0.29, 0.717) is 23.1 Å². The summed E-state index contributed by atoms with van der Waals surface area (Å²) in [5.74, 6) is 0.781. The normalized spacial score (nSPS) is 10.4. The Kier molecular flexibility index (Phi) is 5.96. The molecule has 0 saturated carbocycles. The molecule has 0 fully saturated rings. The third-order valence-electron chi connectivity index (χ3n) is 4.43. The predicted octanol–water partition coefficient (Wildman–Crippen LogP) is 5.33. The van der Waals surface area contributed by atoms with E-state index in [0.717, 1.165) is 16.9 Å². The first-order valence-corrected chi connectivity index (χ1v) is 9.81. The van der Waals surface area contributed by atoms with Crippen LogP contribution in [0.15, 0.2) is 91.5 Å². The first-order chi connectivity index (χ1) is 14.7. The summed E-state index contributed by atoms with van der Waals surface area (Å²) in [4.78, 5) is 27.2. The summed E-state index contributed by atoms with van der Waals surface area (Å²) in [5.41, 5.74) is 3.97. The van der Waals surface area contributed by atoms with E-state index in [1.807, 2.05) is 53.4 Å². The number of rotatable bonds is 6. The molecule has 7 heteroatoms. The van der Waals surface area contributed by atoms with Crippen LogP contribution in [0.25, 0.3) is 0 Å². The average molecular weight is 416 g/mol. The second kappa shape index (κ2) is 9.15. The monoisotopic (exact) mass is 415 g/mol. The Balaban J connectivity index is 1.57. The Labute approximate surface area is 179 Å². The quantitative estimate of drug-likeness (QED) is 0.431. The van der Waals surface area contributed by atoms with Gasteiger partial charge in [-0.2, -0.15) is 0 Å². The number of hydrogen-bond acceptors (Lipinski definition) is 5. The van der Waals surface area contributed by atoms with Gasteiger partial charge in [-0.1, -0.05) is 12.1 Å². The zero-order chi connectivity index (χ0) is 20.8. The molecule has 4 rings (SSSR count). The first-order valence-electron chi connectivity index (χ1n) is 9.28. The maximum absolute atomic E-state index is 12.5. The summed E-state index contributed by atoms with van der Waals surface area (Å²) in [7, 11) is 0. The number of alkyl halides is 1. The molecular formula is C23H18ClN5O. The van der Waals surface area contributed by atoms with Gasteiger partial charge in [0.2, 0.25) is 5.95 Å². The first kappa shape index (κ1) is 19.5. The minimum atomic E-state index is -0.179. The number of nitrogens with one attached hydrogen (secondary N) is 1. The fourth-order valence-electron chi connectivity index (χ4n) is 2.92. The molecule has 6 nitrogen and oxygen atoms in total. The fraction of sp³-hybridized carbons (Fsp3) is 0.0435. The van der Waals surface area contributed by atoms with E-state index in [1.54, 1.807) is 43.0 Å². The van der Waals surface area contributed by atoms with Gasteiger partial charge in [-0.25, -0.2) is 9.97 Å². The average Bonchev–Trinajstić information content (AvgIpc) is 2.82. The molecule has 2 aromatic heterocycles. The molecule has 1 N–H and O–H groups in total. The maximum atomic E-state index is 12.5. The van der Waals surface area contributed by atoms with Crippen LogP contribution in [0, 0.1) is 0 Å². The van der Waals surface area contributed by atoms with Crippen LogP contribution in [-0.2, 0) is 5.88 Å². The second-order valence-electron chi connectivity index (χ2n) is 6.42. The van der Waals surface area contributed by atoms with Crippen LogP contribution in [0.4, 0.5) is 23.0 Å². The fourth-order valence-corrected chi connectivity index (χ4v) is 3.10. The lowest BCUT2D eigenvalue weighted by atomic mass is 10.1. The molecule has 0 atom stereocenters. The topological polar surface area (TPSA) is 71.0 Å². The van der Waals surface area contributed by atoms with Crippen molar-refractivity contribution in [2.45, 2.75) is 5.88 Å². The smallest absolute Gasteiger partial charge is 0.255 e. The summed E-state index contributed by atoms with van der Waals surface area (Å²) in [5, 5.41) is 2.91. The molecule has 0 aliphatic carbocycles. The highest BCUT2D eigenvalue weighted by molar-refractivity contribution is 6.17. The third kappa shape index (κ3) is 4.45. The molecule has 0 unspecified atom stereocenters. The lowest BCUT2D eigenvalue weighted by molar-refractivity contribution is 0.102. The van der Waals surface area contributed by atoms with Gasteiger partial charge >= 0.3 is 0 Å². The van der Waals surface area contributed by atoms with Crippen LogP contribution in [0.3, 0.4) is 0 Å². The minimum absolute atomic E-state index is 0.179. The number of amides is 1. The van der Waals surface area contributed by atoms with Crippen molar-refractivity contribution in [2.75, 3.05) is 10.2 Å². The van der Waals surface area contributed by atoms with E-state index in [4.69, 9.17) is 11.6 Å². The summed E-state index contributed by atoms with van der Waals surface area (Å²) >= 11 is 5.80. The number of carbonyl (C=O) groups is 1. The molecule has 4 aromatic rings. The zero-order valence-corrected chi connectivity index (χ0v) is 16.7. The van der Waals surface area contributed by atoms with Crippen molar-refractivity contribution < 1.29 is 4.79 Å². The number of aromatic nitrogens is 3. The molecular weight excluding hydrogens is 398 g/mol. The van der Waals surface area contributed by atoms with Crippen LogP contribution in [0.2, 0.25) is 0 Å². The van der Waals surface area contributed by atoms with Crippen molar-refractivity contribution in [2.24, 2.45) is 0 Å². The second-order valence-corrected chi connectivity index (χ2v) is 6.69. The van der Waals surface area contributed by atoms with E-state index in [9.17, 15) is 4.79 Å². The van der Waals surface area contributed by atoms with Gasteiger partial charge in [0.25, 0.3) is 5.91 Å². The van der Waals surface area contributed by atoms with Crippen LogP contribution < -0.4 is 10.2 Å². The molecule has 0 radical (unpaired) electrons. The predicted molar refractivity (Wildman–Crippen MR) is 118 cm³/mol. The van der Waals surface area contributed by atoms with Gasteiger partial charge in [-0.3, -0.25) is 14.7 Å². The number of carbonyl (C=O) groups excluding carboxylic acids is 1. The maximum Gasteiger partial charge on any atom is 0.255 e. The molecule has 0 bridgehead atoms. The van der Waals surface area contributed by atoms with Crippen molar-refractivity contribution in [3.05, 3.63) is 103 Å². The largest absolute Gasteiger partial charge is 0.322 e. The Morgan fingerprint density at radius 1 is 0.833 bits per heavy atom. The Morgan fingerprint density at radius 2 is 1.47 bits per heavy atom. The molecule has 0 aliphatic rings. The van der Waals surface area contributed by atoms with Crippen LogP contribution >= 0.6 is 11.6 Å². The van der Waals surface area contributed by atoms with Gasteiger partial charge in [0, 0.05) is 47.6 Å². The Hall–Kier alpha value is -3.77. The Morgan fingerprint density at radius 3 is 2.10 bits per heavy atom. The van der Waals surface area contributed by atoms with Gasteiger partial charge in [-0.15, -0.1) is 11.6 Å². The van der Waals surface area contributed by atoms with E-state index >= 15 is 0 Å². The van der Waals surface area contributed by atoms with Crippen molar-refractivity contribution in [1.29, 1.82) is 0 Å². The summed E-state index contributed by atoms with van der Waals surface area (Å²) in [6.45, 7) is 0. The molecule has 30 heavy (non-hydrogen) atoms. The van der Waals surface area contributed by atoms with Crippen LogP contribution in [0.5, 0.6) is 0 Å². The molecule has 0 saturated heterocycles. The highest BCUT2D eigenvalue weighted by Gasteiger charge is 2.15. The standard InChI is InChI=1S/C23H18ClN5O/c24-16-17-2-4-18(5-3-17)22(30)28-19-6-8-20(9-7-19)29(21-10-14-25-15-11-21)23-26-12-1-13-27-23/h1-15H,16H2,(H,28,30). The van der Waals surface area contributed by atoms with Crippen molar-refractivity contribution >= 4 is 40.5 Å². The molecule has 1 amide bonds. The summed E-state index contributed by atoms with van der Waals surface area (Å²) in [6.07, 6.45) is 6.83. The number of benzene rings is 2. The van der Waals surface area contributed by atoms with E-state index < -0.39 is 0 Å². The van der Waals surface area contributed by atoms with E-state index in [1.165, 1.54) is 0 Å². The van der Waals surface area contributed by atoms with Gasteiger partial charge in [0.05, 0.1) is 5.69 Å². The van der Waals surface area contributed by atoms with Gasteiger partial charge in [0.1, 0.15) is 0 Å². The lowest BCUT2D eigenvalue weighted by Crippen LogP contribution is -2.14. The van der Waals surface area contributed by atoms with Crippen molar-refractivity contribution in [3.8, 4) is 0 Å². The van der Waals surface area contributed by atoms with Gasteiger partial charge < -0.3 is 5.32 Å². The molecule has 2 heterocycles. The Bertz CT molecular complexity index is 1060. The SMILES string of the molecule is O=C(Nc1ccc(N(c2ccncc2)c2ncccn2)cc1)c1ccc(CCl)cc1. The highest BCUT2D eigenvalue weighted by atomic mass is 35.5. The van der Waals surface area contributed by atoms with Crippen LogP contribution in [-0.4, -0.2) is 20.9 Å². The number of nitrogens with zero attached hydrogens (tertiary/aromatic N) is 4. The van der Waals surface area contributed by atoms with Gasteiger partial charge in [0.15, 0.2) is 0 Å². The number of pyridine rings is 1. The number of anilines is 4. The van der Waals surface area contributed by atoms with E-state index in [2.05, 4.69) is 20.3 Å². The summed E-state index contributed by atoms with van der Waals surface area (Å²) < 4.78 is 0. The summed E-state index contributed by atoms with van der Waals surface area (Å²) in [6, 6.07) is 20.3. The molecule has 0 aliphatic heterocycles. The number of halogens is 1.